The number of amides is 1. The number of aromatic nitrogens is 3. The lowest BCUT2D eigenvalue weighted by Crippen LogP contribution is -2.13. The van der Waals surface area contributed by atoms with Crippen LogP contribution in [0.15, 0.2) is 64.4 Å². The van der Waals surface area contributed by atoms with E-state index in [1.807, 2.05) is 19.2 Å². The highest BCUT2D eigenvalue weighted by atomic mass is 32.2. The molecular formula is C22H20N4O2S2. The van der Waals surface area contributed by atoms with Crippen LogP contribution >= 0.6 is 23.1 Å². The average molecular weight is 437 g/mol. The van der Waals surface area contributed by atoms with E-state index < -0.39 is 0 Å². The van der Waals surface area contributed by atoms with Crippen LogP contribution in [-0.2, 0) is 12.2 Å². The van der Waals surface area contributed by atoms with Gasteiger partial charge in [-0.1, -0.05) is 46.7 Å². The third-order valence-electron chi connectivity index (χ3n) is 4.28. The van der Waals surface area contributed by atoms with Gasteiger partial charge >= 0.3 is 0 Å². The van der Waals surface area contributed by atoms with Crippen molar-refractivity contribution in [2.45, 2.75) is 31.0 Å². The summed E-state index contributed by atoms with van der Waals surface area (Å²) >= 11 is 2.93. The minimum atomic E-state index is -0.224. The van der Waals surface area contributed by atoms with E-state index in [0.717, 1.165) is 22.8 Å². The number of hydrogen-bond donors (Lipinski definition) is 1. The zero-order valence-electron chi connectivity index (χ0n) is 16.6. The minimum Gasteiger partial charge on any atom is -0.361 e. The highest BCUT2D eigenvalue weighted by molar-refractivity contribution is 7.98. The van der Waals surface area contributed by atoms with Crippen LogP contribution in [0.25, 0.3) is 0 Å². The standard InChI is InChI=1S/C22H20N4O2S2/c1-14-5-3-6-16(9-14)11-18-12-24-22(30-18)25-20(27)19-7-4-8-23-21(19)29-13-17-10-15(2)28-26-17/h3-10,12H,11,13H2,1-2H3,(H,24,25,27). The maximum atomic E-state index is 12.8. The number of aryl methyl sites for hydroxylation is 2. The van der Waals surface area contributed by atoms with Crippen LogP contribution < -0.4 is 5.32 Å². The number of rotatable bonds is 7. The zero-order valence-corrected chi connectivity index (χ0v) is 18.2. The summed E-state index contributed by atoms with van der Waals surface area (Å²) in [5.74, 6) is 1.11. The van der Waals surface area contributed by atoms with E-state index in [2.05, 4.69) is 51.6 Å². The van der Waals surface area contributed by atoms with E-state index in [1.165, 1.54) is 34.2 Å². The van der Waals surface area contributed by atoms with Crippen LogP contribution in [-0.4, -0.2) is 21.0 Å². The van der Waals surface area contributed by atoms with Gasteiger partial charge in [-0.25, -0.2) is 9.97 Å². The van der Waals surface area contributed by atoms with Crippen molar-refractivity contribution < 1.29 is 9.32 Å². The molecule has 1 aromatic carbocycles. The zero-order chi connectivity index (χ0) is 20.9. The Labute approximate surface area is 182 Å². The lowest BCUT2D eigenvalue weighted by molar-refractivity contribution is 0.102. The molecule has 8 heteroatoms. The van der Waals surface area contributed by atoms with Gasteiger partial charge in [-0.15, -0.1) is 11.3 Å². The Balaban J connectivity index is 1.42. The first-order chi connectivity index (χ1) is 14.6. The van der Waals surface area contributed by atoms with Crippen molar-refractivity contribution in [3.8, 4) is 0 Å². The monoisotopic (exact) mass is 436 g/mol. The topological polar surface area (TPSA) is 80.9 Å². The number of hydrogen-bond acceptors (Lipinski definition) is 7. The van der Waals surface area contributed by atoms with Crippen LogP contribution in [0.4, 0.5) is 5.13 Å². The van der Waals surface area contributed by atoms with E-state index in [9.17, 15) is 4.79 Å². The Morgan fingerprint density at radius 1 is 1.17 bits per heavy atom. The smallest absolute Gasteiger partial charge is 0.260 e. The molecule has 1 amide bonds. The normalized spacial score (nSPS) is 10.9. The van der Waals surface area contributed by atoms with E-state index >= 15 is 0 Å². The van der Waals surface area contributed by atoms with Gasteiger partial charge in [0.15, 0.2) is 5.13 Å². The number of benzene rings is 1. The van der Waals surface area contributed by atoms with E-state index in [4.69, 9.17) is 4.52 Å². The molecule has 0 bridgehead atoms. The number of carbonyl (C=O) groups excluding carboxylic acids is 1. The molecule has 0 saturated heterocycles. The minimum absolute atomic E-state index is 0.224. The summed E-state index contributed by atoms with van der Waals surface area (Å²) < 4.78 is 5.09. The molecule has 0 saturated carbocycles. The van der Waals surface area contributed by atoms with Gasteiger partial charge in [0.1, 0.15) is 10.8 Å². The molecule has 0 spiro atoms. The number of nitrogens with zero attached hydrogens (tertiary/aromatic N) is 3. The van der Waals surface area contributed by atoms with Crippen molar-refractivity contribution in [1.82, 2.24) is 15.1 Å². The molecule has 0 radical (unpaired) electrons. The fourth-order valence-electron chi connectivity index (χ4n) is 2.94. The summed E-state index contributed by atoms with van der Waals surface area (Å²) in [6.45, 7) is 3.93. The van der Waals surface area contributed by atoms with Gasteiger partial charge in [0, 0.05) is 35.5 Å². The fraction of sp³-hybridized carbons (Fsp3) is 0.182. The van der Waals surface area contributed by atoms with E-state index in [-0.39, 0.29) is 5.91 Å². The van der Waals surface area contributed by atoms with Gasteiger partial charge in [-0.2, -0.15) is 0 Å². The second kappa shape index (κ2) is 9.23. The summed E-state index contributed by atoms with van der Waals surface area (Å²) in [5, 5.41) is 8.11. The SMILES string of the molecule is Cc1cccc(Cc2cnc(NC(=O)c3cccnc3SCc3cc(C)on3)s2)c1. The van der Waals surface area contributed by atoms with Crippen molar-refractivity contribution >= 4 is 34.1 Å². The summed E-state index contributed by atoms with van der Waals surface area (Å²) in [7, 11) is 0. The number of carbonyl (C=O) groups is 1. The van der Waals surface area contributed by atoms with Gasteiger partial charge in [-0.05, 0) is 31.5 Å². The lowest BCUT2D eigenvalue weighted by atomic mass is 10.1. The van der Waals surface area contributed by atoms with Crippen molar-refractivity contribution in [3.05, 3.63) is 87.9 Å². The molecule has 0 unspecified atom stereocenters. The first-order valence-corrected chi connectivity index (χ1v) is 11.2. The predicted octanol–water partition coefficient (Wildman–Crippen LogP) is 5.28. The van der Waals surface area contributed by atoms with Crippen molar-refractivity contribution in [2.24, 2.45) is 0 Å². The average Bonchev–Trinajstić information content (AvgIpc) is 3.35. The Morgan fingerprint density at radius 2 is 2.07 bits per heavy atom. The Bertz CT molecular complexity index is 1170. The molecule has 0 aliphatic rings. The number of thioether (sulfide) groups is 1. The van der Waals surface area contributed by atoms with Crippen LogP contribution in [0.2, 0.25) is 0 Å². The Hall–Kier alpha value is -2.97. The van der Waals surface area contributed by atoms with Crippen molar-refractivity contribution in [1.29, 1.82) is 0 Å². The third kappa shape index (κ3) is 5.14. The van der Waals surface area contributed by atoms with E-state index in [0.29, 0.717) is 21.5 Å². The maximum Gasteiger partial charge on any atom is 0.260 e. The van der Waals surface area contributed by atoms with Crippen LogP contribution in [0.5, 0.6) is 0 Å². The molecule has 4 aromatic rings. The largest absolute Gasteiger partial charge is 0.361 e. The highest BCUT2D eigenvalue weighted by Gasteiger charge is 2.15. The summed E-state index contributed by atoms with van der Waals surface area (Å²) in [6, 6.07) is 13.8. The predicted molar refractivity (Wildman–Crippen MR) is 119 cm³/mol. The van der Waals surface area contributed by atoms with Gasteiger partial charge in [0.05, 0.1) is 11.3 Å². The molecule has 3 aromatic heterocycles. The van der Waals surface area contributed by atoms with Crippen LogP contribution in [0.3, 0.4) is 0 Å². The Kier molecular flexibility index (Phi) is 6.25. The van der Waals surface area contributed by atoms with Crippen LogP contribution in [0.1, 0.15) is 37.8 Å². The first-order valence-electron chi connectivity index (χ1n) is 9.38. The highest BCUT2D eigenvalue weighted by Crippen LogP contribution is 2.26. The molecule has 0 atom stereocenters. The number of nitrogens with one attached hydrogen (secondary N) is 1. The molecule has 4 rings (SSSR count). The quantitative estimate of drug-likeness (QED) is 0.397. The molecule has 0 fully saturated rings. The number of anilines is 1. The van der Waals surface area contributed by atoms with Gasteiger partial charge in [-0.3, -0.25) is 10.1 Å². The molecule has 6 nitrogen and oxygen atoms in total. The first kappa shape index (κ1) is 20.3. The van der Waals surface area contributed by atoms with Crippen molar-refractivity contribution in [3.63, 3.8) is 0 Å². The molecule has 0 aliphatic heterocycles. The molecular weight excluding hydrogens is 416 g/mol. The third-order valence-corrected chi connectivity index (χ3v) is 6.24. The molecule has 1 N–H and O–H groups in total. The molecule has 30 heavy (non-hydrogen) atoms. The molecule has 3 heterocycles. The second-order valence-corrected chi connectivity index (χ2v) is 8.90. The van der Waals surface area contributed by atoms with Gasteiger partial charge in [0.25, 0.3) is 5.91 Å². The summed E-state index contributed by atoms with van der Waals surface area (Å²) in [6.07, 6.45) is 4.28. The fourth-order valence-corrected chi connectivity index (χ4v) is 4.66. The summed E-state index contributed by atoms with van der Waals surface area (Å²) in [5.41, 5.74) is 3.78. The maximum absolute atomic E-state index is 12.8. The lowest BCUT2D eigenvalue weighted by Gasteiger charge is -2.06. The number of pyridine rings is 1. The molecule has 152 valence electrons. The van der Waals surface area contributed by atoms with E-state index in [1.54, 1.807) is 18.3 Å². The van der Waals surface area contributed by atoms with Gasteiger partial charge < -0.3 is 4.52 Å². The van der Waals surface area contributed by atoms with Gasteiger partial charge in [0.2, 0.25) is 0 Å². The second-order valence-electron chi connectivity index (χ2n) is 6.83. The number of thiazole rings is 1. The van der Waals surface area contributed by atoms with Crippen LogP contribution in [0, 0.1) is 13.8 Å². The summed E-state index contributed by atoms with van der Waals surface area (Å²) in [4.78, 5) is 22.6. The van der Waals surface area contributed by atoms with Crippen molar-refractivity contribution in [2.75, 3.05) is 5.32 Å². The Morgan fingerprint density at radius 3 is 2.87 bits per heavy atom. The molecule has 0 aliphatic carbocycles.